The molecule has 2 aromatic heterocycles. The van der Waals surface area contributed by atoms with Crippen molar-refractivity contribution in [2.24, 2.45) is 0 Å². The molecule has 0 unspecified atom stereocenters. The molecule has 0 atom stereocenters. The molecule has 218 valence electrons. The number of aromatic nitrogens is 2. The lowest BCUT2D eigenvalue weighted by Crippen LogP contribution is -2.06. The molecule has 0 spiro atoms. The highest BCUT2D eigenvalue weighted by molar-refractivity contribution is 6.14. The molecule has 0 N–H and O–H groups in total. The van der Waals surface area contributed by atoms with Gasteiger partial charge in [0.1, 0.15) is 0 Å². The van der Waals surface area contributed by atoms with Crippen LogP contribution in [-0.4, -0.2) is 9.13 Å². The van der Waals surface area contributed by atoms with Gasteiger partial charge in [0, 0.05) is 32.8 Å². The molecule has 0 aliphatic carbocycles. The van der Waals surface area contributed by atoms with Crippen molar-refractivity contribution >= 4 is 65.2 Å². The van der Waals surface area contributed by atoms with Crippen LogP contribution < -0.4 is 4.74 Å². The third-order valence-electron chi connectivity index (χ3n) is 10.1. The van der Waals surface area contributed by atoms with Crippen LogP contribution in [0.1, 0.15) is 0 Å². The number of hydrogen-bond donors (Lipinski definition) is 0. The van der Waals surface area contributed by atoms with E-state index in [1.807, 2.05) is 0 Å². The van der Waals surface area contributed by atoms with Gasteiger partial charge in [-0.2, -0.15) is 0 Å². The van der Waals surface area contributed by atoms with Gasteiger partial charge in [-0.3, -0.25) is 0 Å². The topological polar surface area (TPSA) is 19.1 Å². The van der Waals surface area contributed by atoms with Gasteiger partial charge in [0.25, 0.3) is 0 Å². The van der Waals surface area contributed by atoms with E-state index >= 15 is 0 Å². The first-order valence-corrected chi connectivity index (χ1v) is 16.1. The summed E-state index contributed by atoms with van der Waals surface area (Å²) in [6.45, 7) is 0. The molecular formula is C44H26N2O. The van der Waals surface area contributed by atoms with Crippen LogP contribution in [0.3, 0.4) is 0 Å². The molecule has 10 aromatic rings. The van der Waals surface area contributed by atoms with Gasteiger partial charge >= 0.3 is 0 Å². The van der Waals surface area contributed by atoms with Crippen LogP contribution in [-0.2, 0) is 0 Å². The van der Waals surface area contributed by atoms with Crippen LogP contribution in [0.5, 0.6) is 11.5 Å². The second kappa shape index (κ2) is 9.12. The summed E-state index contributed by atoms with van der Waals surface area (Å²) in [5.41, 5.74) is 9.36. The Labute approximate surface area is 270 Å². The van der Waals surface area contributed by atoms with Crippen molar-refractivity contribution in [2.45, 2.75) is 0 Å². The molecule has 3 heteroatoms. The monoisotopic (exact) mass is 598 g/mol. The Kier molecular flexibility index (Phi) is 4.84. The fourth-order valence-electron chi connectivity index (χ4n) is 8.05. The first kappa shape index (κ1) is 24.9. The fourth-order valence-corrected chi connectivity index (χ4v) is 8.05. The number of benzene rings is 8. The summed E-state index contributed by atoms with van der Waals surface area (Å²) in [5, 5.41) is 9.96. The molecule has 47 heavy (non-hydrogen) atoms. The lowest BCUT2D eigenvalue weighted by molar-refractivity contribution is 0.477. The smallest absolute Gasteiger partial charge is 0.152 e. The molecule has 0 bridgehead atoms. The highest BCUT2D eigenvalue weighted by atomic mass is 16.5. The Morgan fingerprint density at radius 1 is 0.383 bits per heavy atom. The molecule has 0 radical (unpaired) electrons. The van der Waals surface area contributed by atoms with Gasteiger partial charge in [-0.05, 0) is 75.6 Å². The van der Waals surface area contributed by atoms with Crippen molar-refractivity contribution in [3.8, 4) is 34.0 Å². The van der Waals surface area contributed by atoms with E-state index in [1.54, 1.807) is 0 Å². The molecular weight excluding hydrogens is 572 g/mol. The number of ether oxygens (including phenoxy) is 1. The quantitative estimate of drug-likeness (QED) is 0.181. The van der Waals surface area contributed by atoms with Gasteiger partial charge in [-0.25, -0.2) is 0 Å². The molecule has 1 aliphatic heterocycles. The summed E-state index contributed by atoms with van der Waals surface area (Å²) in [4.78, 5) is 0. The molecule has 0 fully saturated rings. The fraction of sp³-hybridized carbons (Fsp3) is 0. The molecule has 8 aromatic carbocycles. The lowest BCUT2D eigenvalue weighted by atomic mass is 9.96. The standard InChI is InChI=1S/C44H26N2O/c1-4-14-38-34(9-1)35-10-2-5-15-39(35)45(38)30-22-24-32-29(26-30)20-19-27-25-28(21-23-31(27)32)33-12-7-17-41-43(33)46-40-16-6-3-11-36(40)37-13-8-18-42(47-41)44(37)46/h1-26H. The van der Waals surface area contributed by atoms with Crippen LogP contribution in [0.2, 0.25) is 0 Å². The summed E-state index contributed by atoms with van der Waals surface area (Å²) in [6, 6.07) is 57.1. The van der Waals surface area contributed by atoms with Gasteiger partial charge in [0.15, 0.2) is 11.5 Å². The minimum Gasteiger partial charge on any atom is -0.453 e. The number of fused-ring (bicyclic) bond motifs is 11. The maximum absolute atomic E-state index is 6.56. The summed E-state index contributed by atoms with van der Waals surface area (Å²) >= 11 is 0. The zero-order valence-corrected chi connectivity index (χ0v) is 25.3. The van der Waals surface area contributed by atoms with Crippen molar-refractivity contribution in [1.29, 1.82) is 0 Å². The van der Waals surface area contributed by atoms with Crippen LogP contribution in [0.15, 0.2) is 158 Å². The highest BCUT2D eigenvalue weighted by Gasteiger charge is 2.26. The molecule has 0 amide bonds. The normalized spacial score (nSPS) is 12.4. The molecule has 3 nitrogen and oxygen atoms in total. The predicted molar refractivity (Wildman–Crippen MR) is 196 cm³/mol. The zero-order valence-electron chi connectivity index (χ0n) is 25.3. The summed E-state index contributed by atoms with van der Waals surface area (Å²) in [6.07, 6.45) is 0. The van der Waals surface area contributed by atoms with E-state index in [4.69, 9.17) is 4.74 Å². The highest BCUT2D eigenvalue weighted by Crippen LogP contribution is 2.48. The summed E-state index contributed by atoms with van der Waals surface area (Å²) in [7, 11) is 0. The van der Waals surface area contributed by atoms with E-state index in [0.717, 1.165) is 28.3 Å². The average Bonchev–Trinajstić information content (AvgIpc) is 3.65. The third-order valence-corrected chi connectivity index (χ3v) is 10.1. The summed E-state index contributed by atoms with van der Waals surface area (Å²) in [5.74, 6) is 1.77. The van der Waals surface area contributed by atoms with E-state index in [0.29, 0.717) is 0 Å². The number of rotatable bonds is 2. The Hall–Kier alpha value is -6.32. The number of para-hydroxylation sites is 5. The maximum Gasteiger partial charge on any atom is 0.152 e. The van der Waals surface area contributed by atoms with E-state index < -0.39 is 0 Å². The SMILES string of the molecule is c1cc2c(c(-c3ccc4c(ccc5cc(-n6c7ccccc7c7ccccc76)ccc54)c3)c1)-n1c3ccccc3c3cccc(c31)O2. The zero-order chi connectivity index (χ0) is 30.6. The van der Waals surface area contributed by atoms with Crippen LogP contribution in [0, 0.1) is 0 Å². The van der Waals surface area contributed by atoms with E-state index in [-0.39, 0.29) is 0 Å². The first-order valence-electron chi connectivity index (χ1n) is 16.1. The van der Waals surface area contributed by atoms with Gasteiger partial charge in [0.05, 0.1) is 27.8 Å². The largest absolute Gasteiger partial charge is 0.453 e. The van der Waals surface area contributed by atoms with E-state index in [1.165, 1.54) is 70.9 Å². The van der Waals surface area contributed by atoms with Gasteiger partial charge in [-0.15, -0.1) is 0 Å². The molecule has 1 aliphatic rings. The second-order valence-electron chi connectivity index (χ2n) is 12.5. The number of hydrogen-bond acceptors (Lipinski definition) is 1. The molecule has 3 heterocycles. The van der Waals surface area contributed by atoms with Crippen molar-refractivity contribution in [2.75, 3.05) is 0 Å². The summed E-state index contributed by atoms with van der Waals surface area (Å²) < 4.78 is 11.3. The second-order valence-corrected chi connectivity index (χ2v) is 12.5. The first-order chi connectivity index (χ1) is 23.3. The Morgan fingerprint density at radius 2 is 0.957 bits per heavy atom. The van der Waals surface area contributed by atoms with Crippen molar-refractivity contribution in [3.63, 3.8) is 0 Å². The Bertz CT molecular complexity index is 2890. The predicted octanol–water partition coefficient (Wildman–Crippen LogP) is 12.0. The Morgan fingerprint density at radius 3 is 1.70 bits per heavy atom. The molecule has 11 rings (SSSR count). The van der Waals surface area contributed by atoms with Gasteiger partial charge in [0.2, 0.25) is 0 Å². The minimum atomic E-state index is 0.875. The minimum absolute atomic E-state index is 0.875. The average molecular weight is 599 g/mol. The molecule has 0 saturated carbocycles. The van der Waals surface area contributed by atoms with Crippen molar-refractivity contribution < 1.29 is 4.74 Å². The van der Waals surface area contributed by atoms with Gasteiger partial charge < -0.3 is 13.9 Å². The van der Waals surface area contributed by atoms with Crippen molar-refractivity contribution in [3.05, 3.63) is 158 Å². The van der Waals surface area contributed by atoms with Crippen LogP contribution in [0.4, 0.5) is 0 Å². The maximum atomic E-state index is 6.56. The third kappa shape index (κ3) is 3.35. The van der Waals surface area contributed by atoms with E-state index in [2.05, 4.69) is 167 Å². The van der Waals surface area contributed by atoms with Crippen LogP contribution in [0.25, 0.3) is 87.7 Å². The van der Waals surface area contributed by atoms with Crippen molar-refractivity contribution in [1.82, 2.24) is 9.13 Å². The van der Waals surface area contributed by atoms with E-state index in [9.17, 15) is 0 Å². The van der Waals surface area contributed by atoms with Gasteiger partial charge in [-0.1, -0.05) is 109 Å². The number of nitrogens with zero attached hydrogens (tertiary/aromatic N) is 2. The molecule has 0 saturated heterocycles. The Balaban J connectivity index is 1.09. The van der Waals surface area contributed by atoms with Crippen LogP contribution >= 0.6 is 0 Å². The lowest BCUT2D eigenvalue weighted by Gasteiger charge is -2.24.